The summed E-state index contributed by atoms with van der Waals surface area (Å²) < 4.78 is 40.5. The summed E-state index contributed by atoms with van der Waals surface area (Å²) in [6.45, 7) is 0. The number of nitrogens with one attached hydrogen (secondary N) is 3. The van der Waals surface area contributed by atoms with Gasteiger partial charge in [0, 0.05) is 16.3 Å². The normalized spacial score (nSPS) is 11.0. The van der Waals surface area contributed by atoms with Crippen molar-refractivity contribution in [3.63, 3.8) is 0 Å². The summed E-state index contributed by atoms with van der Waals surface area (Å²) in [4.78, 5) is 24.1. The van der Waals surface area contributed by atoms with Crippen LogP contribution in [0.2, 0.25) is 10.0 Å². The SMILES string of the molecule is O=C(Cc1ccc(F)cc1)NNC(=O)c1cccc(NS(=O)(=O)c2cc(Cl)ccc2Cl)c1. The molecule has 166 valence electrons. The molecule has 2 amide bonds. The second-order valence-electron chi connectivity index (χ2n) is 6.57. The zero-order valence-electron chi connectivity index (χ0n) is 16.2. The number of carbonyl (C=O) groups excluding carboxylic acids is 2. The second-order valence-corrected chi connectivity index (χ2v) is 9.06. The molecule has 0 fully saturated rings. The largest absolute Gasteiger partial charge is 0.280 e. The standard InChI is InChI=1S/C21H16Cl2FN3O4S/c22-15-6-9-18(23)19(12-15)32(30,31)27-17-3-1-2-14(11-17)21(29)26-25-20(28)10-13-4-7-16(24)8-5-13/h1-9,11-12,27H,10H2,(H,25,28)(H,26,29). The van der Waals surface area contributed by atoms with Gasteiger partial charge in [-0.15, -0.1) is 0 Å². The third-order valence-electron chi connectivity index (χ3n) is 4.15. The van der Waals surface area contributed by atoms with Gasteiger partial charge < -0.3 is 0 Å². The van der Waals surface area contributed by atoms with E-state index in [1.54, 1.807) is 0 Å². The van der Waals surface area contributed by atoms with Crippen molar-refractivity contribution >= 4 is 50.7 Å². The van der Waals surface area contributed by atoms with Gasteiger partial charge in [-0.05, 0) is 54.1 Å². The van der Waals surface area contributed by atoms with Crippen LogP contribution in [0.1, 0.15) is 15.9 Å². The zero-order valence-corrected chi connectivity index (χ0v) is 18.6. The lowest BCUT2D eigenvalue weighted by Crippen LogP contribution is -2.42. The van der Waals surface area contributed by atoms with Gasteiger partial charge in [-0.25, -0.2) is 12.8 Å². The maximum absolute atomic E-state index is 12.9. The molecule has 3 aromatic rings. The fourth-order valence-electron chi connectivity index (χ4n) is 2.65. The van der Waals surface area contributed by atoms with Gasteiger partial charge in [-0.2, -0.15) is 0 Å². The maximum Gasteiger partial charge on any atom is 0.269 e. The topological polar surface area (TPSA) is 104 Å². The predicted molar refractivity (Wildman–Crippen MR) is 119 cm³/mol. The average Bonchev–Trinajstić information content (AvgIpc) is 2.75. The van der Waals surface area contributed by atoms with E-state index in [1.807, 2.05) is 0 Å². The van der Waals surface area contributed by atoms with Crippen LogP contribution in [0.5, 0.6) is 0 Å². The number of hydrazine groups is 1. The summed E-state index contributed by atoms with van der Waals surface area (Å²) in [7, 11) is -4.07. The molecule has 0 aromatic heterocycles. The smallest absolute Gasteiger partial charge is 0.269 e. The van der Waals surface area contributed by atoms with Crippen LogP contribution in [-0.4, -0.2) is 20.2 Å². The van der Waals surface area contributed by atoms with Crippen molar-refractivity contribution in [1.29, 1.82) is 0 Å². The first kappa shape index (κ1) is 23.5. The van der Waals surface area contributed by atoms with Crippen LogP contribution in [0, 0.1) is 5.82 Å². The van der Waals surface area contributed by atoms with Crippen molar-refractivity contribution in [3.8, 4) is 0 Å². The maximum atomic E-state index is 12.9. The molecule has 11 heteroatoms. The Kier molecular flexibility index (Phi) is 7.34. The van der Waals surface area contributed by atoms with Crippen LogP contribution < -0.4 is 15.6 Å². The Hall–Kier alpha value is -3.14. The summed E-state index contributed by atoms with van der Waals surface area (Å²) in [5.41, 5.74) is 5.24. The van der Waals surface area contributed by atoms with E-state index in [4.69, 9.17) is 23.2 Å². The monoisotopic (exact) mass is 495 g/mol. The Morgan fingerprint density at radius 1 is 0.906 bits per heavy atom. The van der Waals surface area contributed by atoms with E-state index in [1.165, 1.54) is 66.7 Å². The van der Waals surface area contributed by atoms with Crippen molar-refractivity contribution in [1.82, 2.24) is 10.9 Å². The average molecular weight is 496 g/mol. The second kappa shape index (κ2) is 9.99. The van der Waals surface area contributed by atoms with E-state index in [9.17, 15) is 22.4 Å². The zero-order chi connectivity index (χ0) is 23.3. The van der Waals surface area contributed by atoms with Gasteiger partial charge in [-0.1, -0.05) is 41.4 Å². The summed E-state index contributed by atoms with van der Waals surface area (Å²) in [5.74, 6) is -1.60. The summed E-state index contributed by atoms with van der Waals surface area (Å²) in [6, 6.07) is 15.0. The van der Waals surface area contributed by atoms with Crippen LogP contribution in [0.15, 0.2) is 71.6 Å². The first-order chi connectivity index (χ1) is 15.1. The number of benzene rings is 3. The first-order valence-corrected chi connectivity index (χ1v) is 11.3. The third kappa shape index (κ3) is 6.19. The highest BCUT2D eigenvalue weighted by Gasteiger charge is 2.19. The number of anilines is 1. The molecule has 0 atom stereocenters. The van der Waals surface area contributed by atoms with Gasteiger partial charge in [0.25, 0.3) is 15.9 Å². The Balaban J connectivity index is 1.64. The lowest BCUT2D eigenvalue weighted by Gasteiger charge is -2.11. The first-order valence-electron chi connectivity index (χ1n) is 9.05. The fraction of sp³-hybridized carbons (Fsp3) is 0.0476. The Labute approximate surface area is 193 Å². The highest BCUT2D eigenvalue weighted by molar-refractivity contribution is 7.92. The number of halogens is 3. The quantitative estimate of drug-likeness (QED) is 0.450. The van der Waals surface area contributed by atoms with Crippen LogP contribution in [-0.2, 0) is 21.2 Å². The number of carbonyl (C=O) groups is 2. The van der Waals surface area contributed by atoms with E-state index >= 15 is 0 Å². The van der Waals surface area contributed by atoms with Gasteiger partial charge in [0.05, 0.1) is 11.4 Å². The Morgan fingerprint density at radius 3 is 2.34 bits per heavy atom. The minimum Gasteiger partial charge on any atom is -0.280 e. The molecule has 0 saturated carbocycles. The molecule has 7 nitrogen and oxygen atoms in total. The molecular formula is C21H16Cl2FN3O4S. The number of hydrogen-bond donors (Lipinski definition) is 3. The van der Waals surface area contributed by atoms with E-state index in [-0.39, 0.29) is 32.6 Å². The van der Waals surface area contributed by atoms with E-state index in [2.05, 4.69) is 15.6 Å². The molecule has 3 rings (SSSR count). The molecule has 0 saturated heterocycles. The van der Waals surface area contributed by atoms with Crippen LogP contribution in [0.25, 0.3) is 0 Å². The van der Waals surface area contributed by atoms with E-state index in [0.29, 0.717) is 5.56 Å². The minimum absolute atomic E-state index is 0.0142. The van der Waals surface area contributed by atoms with E-state index < -0.39 is 27.7 Å². The lowest BCUT2D eigenvalue weighted by molar-refractivity contribution is -0.121. The van der Waals surface area contributed by atoms with Gasteiger partial charge in [0.2, 0.25) is 5.91 Å². The van der Waals surface area contributed by atoms with Crippen molar-refractivity contribution in [2.24, 2.45) is 0 Å². The van der Waals surface area contributed by atoms with Crippen LogP contribution >= 0.6 is 23.2 Å². The van der Waals surface area contributed by atoms with Crippen LogP contribution in [0.4, 0.5) is 10.1 Å². The number of rotatable bonds is 6. The van der Waals surface area contributed by atoms with Gasteiger partial charge >= 0.3 is 0 Å². The van der Waals surface area contributed by atoms with Crippen molar-refractivity contribution in [3.05, 3.63) is 93.7 Å². The molecule has 0 heterocycles. The van der Waals surface area contributed by atoms with Crippen LogP contribution in [0.3, 0.4) is 0 Å². The minimum atomic E-state index is -4.07. The molecule has 0 bridgehead atoms. The molecule has 0 unspecified atom stereocenters. The Morgan fingerprint density at radius 2 is 1.62 bits per heavy atom. The molecule has 32 heavy (non-hydrogen) atoms. The molecule has 0 aliphatic rings. The summed E-state index contributed by atoms with van der Waals surface area (Å²) in [5, 5.41) is 0.180. The van der Waals surface area contributed by atoms with Gasteiger partial charge in [-0.3, -0.25) is 25.2 Å². The Bertz CT molecular complexity index is 1270. The molecule has 0 aliphatic heterocycles. The summed E-state index contributed by atoms with van der Waals surface area (Å²) in [6.07, 6.45) is -0.0687. The van der Waals surface area contributed by atoms with Crippen molar-refractivity contribution < 1.29 is 22.4 Å². The van der Waals surface area contributed by atoms with Gasteiger partial charge in [0.15, 0.2) is 0 Å². The highest BCUT2D eigenvalue weighted by Crippen LogP contribution is 2.27. The fourth-order valence-corrected chi connectivity index (χ4v) is 4.46. The highest BCUT2D eigenvalue weighted by atomic mass is 35.5. The van der Waals surface area contributed by atoms with E-state index in [0.717, 1.165) is 0 Å². The van der Waals surface area contributed by atoms with Crippen molar-refractivity contribution in [2.75, 3.05) is 4.72 Å². The molecule has 3 aromatic carbocycles. The summed E-state index contributed by atoms with van der Waals surface area (Å²) >= 11 is 11.8. The van der Waals surface area contributed by atoms with Crippen molar-refractivity contribution in [2.45, 2.75) is 11.3 Å². The van der Waals surface area contributed by atoms with Gasteiger partial charge in [0.1, 0.15) is 10.7 Å². The molecule has 0 aliphatic carbocycles. The predicted octanol–water partition coefficient (Wildman–Crippen LogP) is 3.94. The third-order valence-corrected chi connectivity index (χ3v) is 6.25. The lowest BCUT2D eigenvalue weighted by atomic mass is 10.1. The molecule has 0 spiro atoms. The number of amides is 2. The number of sulfonamides is 1. The molecular weight excluding hydrogens is 480 g/mol. The molecule has 3 N–H and O–H groups in total. The molecule has 0 radical (unpaired) electrons. The number of hydrogen-bond acceptors (Lipinski definition) is 4.